The maximum Gasteiger partial charge on any atom is 0.315 e. The minimum Gasteiger partial charge on any atom is -0.394 e. The molecule has 0 aromatic carbocycles. The van der Waals surface area contributed by atoms with Gasteiger partial charge in [0.05, 0.1) is 12.6 Å². The first kappa shape index (κ1) is 13.3. The zero-order chi connectivity index (χ0) is 11.8. The highest BCUT2D eigenvalue weighted by molar-refractivity contribution is 5.74. The smallest absolute Gasteiger partial charge is 0.315 e. The Labute approximate surface area is 97.8 Å². The van der Waals surface area contributed by atoms with E-state index >= 15 is 0 Å². The third-order valence-electron chi connectivity index (χ3n) is 3.21. The van der Waals surface area contributed by atoms with Gasteiger partial charge in [-0.1, -0.05) is 32.1 Å². The van der Waals surface area contributed by atoms with Crippen LogP contribution in [0.25, 0.3) is 0 Å². The van der Waals surface area contributed by atoms with Gasteiger partial charge in [0.25, 0.3) is 0 Å². The molecule has 1 aliphatic rings. The van der Waals surface area contributed by atoms with Crippen LogP contribution in [0.5, 0.6) is 0 Å². The number of carbonyl (C=O) groups is 1. The maximum atomic E-state index is 11.3. The Kier molecular flexibility index (Phi) is 6.23. The second-order valence-corrected chi connectivity index (χ2v) is 4.78. The van der Waals surface area contributed by atoms with Crippen molar-refractivity contribution in [3.63, 3.8) is 0 Å². The summed E-state index contributed by atoms with van der Waals surface area (Å²) in [4.78, 5) is 11.3. The molecule has 1 unspecified atom stereocenters. The average molecular weight is 228 g/mol. The van der Waals surface area contributed by atoms with E-state index < -0.39 is 0 Å². The molecule has 16 heavy (non-hydrogen) atoms. The summed E-state index contributed by atoms with van der Waals surface area (Å²) in [6, 6.07) is -0.341. The van der Waals surface area contributed by atoms with Gasteiger partial charge in [0.2, 0.25) is 0 Å². The maximum absolute atomic E-state index is 11.3. The molecule has 1 atom stereocenters. The van der Waals surface area contributed by atoms with E-state index in [0.717, 1.165) is 18.9 Å². The van der Waals surface area contributed by atoms with E-state index in [2.05, 4.69) is 10.6 Å². The highest BCUT2D eigenvalue weighted by Gasteiger charge is 2.13. The number of hydrogen-bond acceptors (Lipinski definition) is 2. The summed E-state index contributed by atoms with van der Waals surface area (Å²) in [6.45, 7) is 2.51. The Morgan fingerprint density at radius 3 is 2.69 bits per heavy atom. The lowest BCUT2D eigenvalue weighted by atomic mass is 9.87. The van der Waals surface area contributed by atoms with Gasteiger partial charge in [0.15, 0.2) is 0 Å². The molecule has 1 aliphatic carbocycles. The fraction of sp³-hybridized carbons (Fsp3) is 0.917. The van der Waals surface area contributed by atoms with E-state index in [1.54, 1.807) is 6.92 Å². The topological polar surface area (TPSA) is 61.4 Å². The van der Waals surface area contributed by atoms with Crippen molar-refractivity contribution >= 4 is 6.03 Å². The lowest BCUT2D eigenvalue weighted by Crippen LogP contribution is -2.42. The molecule has 94 valence electrons. The fourth-order valence-electron chi connectivity index (χ4n) is 2.19. The van der Waals surface area contributed by atoms with Crippen LogP contribution in [-0.2, 0) is 0 Å². The second-order valence-electron chi connectivity index (χ2n) is 4.78. The van der Waals surface area contributed by atoms with Gasteiger partial charge in [-0.2, -0.15) is 0 Å². The Balaban J connectivity index is 2.03. The van der Waals surface area contributed by atoms with E-state index in [4.69, 9.17) is 5.11 Å². The van der Waals surface area contributed by atoms with Gasteiger partial charge in [-0.15, -0.1) is 0 Å². The third kappa shape index (κ3) is 5.35. The van der Waals surface area contributed by atoms with E-state index in [1.807, 2.05) is 0 Å². The van der Waals surface area contributed by atoms with E-state index in [1.165, 1.54) is 32.1 Å². The van der Waals surface area contributed by atoms with Crippen LogP contribution in [0, 0.1) is 5.92 Å². The highest BCUT2D eigenvalue weighted by Crippen LogP contribution is 2.25. The first-order valence-corrected chi connectivity index (χ1v) is 6.37. The molecule has 0 aliphatic heterocycles. The largest absolute Gasteiger partial charge is 0.394 e. The van der Waals surface area contributed by atoms with Crippen molar-refractivity contribution in [2.75, 3.05) is 13.2 Å². The number of aliphatic hydroxyl groups excluding tert-OH is 1. The van der Waals surface area contributed by atoms with Crippen LogP contribution in [-0.4, -0.2) is 30.3 Å². The fourth-order valence-corrected chi connectivity index (χ4v) is 2.19. The van der Waals surface area contributed by atoms with Gasteiger partial charge in [-0.25, -0.2) is 4.79 Å². The van der Waals surface area contributed by atoms with Crippen LogP contribution in [0.2, 0.25) is 0 Å². The monoisotopic (exact) mass is 228 g/mol. The molecule has 0 radical (unpaired) electrons. The van der Waals surface area contributed by atoms with Gasteiger partial charge < -0.3 is 15.7 Å². The number of nitrogens with one attached hydrogen (secondary N) is 2. The molecule has 3 N–H and O–H groups in total. The van der Waals surface area contributed by atoms with Crippen molar-refractivity contribution < 1.29 is 9.90 Å². The zero-order valence-electron chi connectivity index (χ0n) is 10.2. The summed E-state index contributed by atoms with van der Waals surface area (Å²) in [5.74, 6) is 0.796. The van der Waals surface area contributed by atoms with Crippen LogP contribution < -0.4 is 10.6 Å². The number of hydrogen-bond donors (Lipinski definition) is 3. The summed E-state index contributed by atoms with van der Waals surface area (Å²) in [5.41, 5.74) is 0. The molecular weight excluding hydrogens is 204 g/mol. The summed E-state index contributed by atoms with van der Waals surface area (Å²) < 4.78 is 0. The first-order chi connectivity index (χ1) is 7.72. The molecule has 4 nitrogen and oxygen atoms in total. The number of urea groups is 1. The second kappa shape index (κ2) is 7.49. The van der Waals surface area contributed by atoms with Gasteiger partial charge in [0.1, 0.15) is 0 Å². The van der Waals surface area contributed by atoms with Gasteiger partial charge in [-0.3, -0.25) is 0 Å². The Morgan fingerprint density at radius 1 is 1.38 bits per heavy atom. The van der Waals surface area contributed by atoms with Crippen molar-refractivity contribution in [1.82, 2.24) is 10.6 Å². The van der Waals surface area contributed by atoms with Crippen molar-refractivity contribution in [1.29, 1.82) is 0 Å². The molecule has 0 spiro atoms. The summed E-state index contributed by atoms with van der Waals surface area (Å²) in [6.07, 6.45) is 7.78. The molecule has 1 fully saturated rings. The van der Waals surface area contributed by atoms with Crippen LogP contribution in [0.4, 0.5) is 4.79 Å². The van der Waals surface area contributed by atoms with E-state index in [-0.39, 0.29) is 18.7 Å². The predicted octanol–water partition coefficient (Wildman–Crippen LogP) is 1.64. The minimum atomic E-state index is -0.172. The van der Waals surface area contributed by atoms with Crippen molar-refractivity contribution in [3.8, 4) is 0 Å². The molecule has 4 heteroatoms. The van der Waals surface area contributed by atoms with Crippen LogP contribution in [0.15, 0.2) is 0 Å². The van der Waals surface area contributed by atoms with Crippen LogP contribution in [0.1, 0.15) is 45.4 Å². The Hall–Kier alpha value is -0.770. The van der Waals surface area contributed by atoms with Crippen LogP contribution >= 0.6 is 0 Å². The molecular formula is C12H24N2O2. The predicted molar refractivity (Wildman–Crippen MR) is 64.3 cm³/mol. The van der Waals surface area contributed by atoms with Crippen LogP contribution in [0.3, 0.4) is 0 Å². The number of amides is 2. The van der Waals surface area contributed by atoms with Gasteiger partial charge in [0, 0.05) is 6.54 Å². The molecule has 0 aromatic rings. The van der Waals surface area contributed by atoms with E-state index in [9.17, 15) is 4.79 Å². The third-order valence-corrected chi connectivity index (χ3v) is 3.21. The molecule has 2 amide bonds. The highest BCUT2D eigenvalue weighted by atomic mass is 16.3. The molecule has 0 aromatic heterocycles. The first-order valence-electron chi connectivity index (χ1n) is 6.37. The SMILES string of the molecule is CC(CO)NC(=O)NCCC1CCCCC1. The Bertz CT molecular complexity index is 203. The van der Waals surface area contributed by atoms with Crippen molar-refractivity contribution in [2.45, 2.75) is 51.5 Å². The summed E-state index contributed by atoms with van der Waals surface area (Å²) >= 11 is 0. The zero-order valence-corrected chi connectivity index (χ0v) is 10.2. The normalized spacial score (nSPS) is 19.1. The summed E-state index contributed by atoms with van der Waals surface area (Å²) in [5, 5.41) is 14.3. The number of aliphatic hydroxyl groups is 1. The summed E-state index contributed by atoms with van der Waals surface area (Å²) in [7, 11) is 0. The molecule has 1 rings (SSSR count). The lowest BCUT2D eigenvalue weighted by molar-refractivity contribution is 0.219. The van der Waals surface area contributed by atoms with Crippen molar-refractivity contribution in [3.05, 3.63) is 0 Å². The quantitative estimate of drug-likeness (QED) is 0.670. The molecule has 0 saturated heterocycles. The standard InChI is InChI=1S/C12H24N2O2/c1-10(9-15)14-12(16)13-8-7-11-5-3-2-4-6-11/h10-11,15H,2-9H2,1H3,(H2,13,14,16). The molecule has 1 saturated carbocycles. The Morgan fingerprint density at radius 2 is 2.06 bits per heavy atom. The van der Waals surface area contributed by atoms with E-state index in [0.29, 0.717) is 0 Å². The van der Waals surface area contributed by atoms with Gasteiger partial charge in [-0.05, 0) is 19.3 Å². The number of rotatable bonds is 5. The van der Waals surface area contributed by atoms with Crippen molar-refractivity contribution in [2.24, 2.45) is 5.92 Å². The lowest BCUT2D eigenvalue weighted by Gasteiger charge is -2.21. The average Bonchev–Trinajstić information content (AvgIpc) is 2.30. The molecule has 0 bridgehead atoms. The van der Waals surface area contributed by atoms with Gasteiger partial charge >= 0.3 is 6.03 Å². The number of carbonyl (C=O) groups excluding carboxylic acids is 1. The minimum absolute atomic E-state index is 0.0178. The molecule has 0 heterocycles.